The molecule has 0 aliphatic heterocycles. The fourth-order valence-corrected chi connectivity index (χ4v) is 3.50. The van der Waals surface area contributed by atoms with Crippen LogP contribution < -0.4 is 5.73 Å². The predicted octanol–water partition coefficient (Wildman–Crippen LogP) is 3.67. The van der Waals surface area contributed by atoms with Gasteiger partial charge in [-0.2, -0.15) is 11.8 Å². The first-order chi connectivity index (χ1) is 7.26. The summed E-state index contributed by atoms with van der Waals surface area (Å²) in [6, 6.07) is 0. The Morgan fingerprint density at radius 3 is 2.47 bits per heavy atom. The summed E-state index contributed by atoms with van der Waals surface area (Å²) in [4.78, 5) is 0. The summed E-state index contributed by atoms with van der Waals surface area (Å²) in [5, 5.41) is 0. The van der Waals surface area contributed by atoms with E-state index in [0.717, 1.165) is 12.5 Å². The molecule has 1 fully saturated rings. The Balaban J connectivity index is 2.36. The lowest BCUT2D eigenvalue weighted by Crippen LogP contribution is -2.35. The SMILES string of the molecule is CCCC1CCC(CN)(CCSC)CC1. The van der Waals surface area contributed by atoms with E-state index < -0.39 is 0 Å². The highest BCUT2D eigenvalue weighted by atomic mass is 32.2. The summed E-state index contributed by atoms with van der Waals surface area (Å²) in [5.41, 5.74) is 6.50. The Kier molecular flexibility index (Phi) is 6.06. The highest BCUT2D eigenvalue weighted by Gasteiger charge is 2.33. The lowest BCUT2D eigenvalue weighted by atomic mass is 9.68. The highest BCUT2D eigenvalue weighted by Crippen LogP contribution is 2.42. The fourth-order valence-electron chi connectivity index (χ4n) is 2.86. The van der Waals surface area contributed by atoms with Gasteiger partial charge in [-0.15, -0.1) is 0 Å². The molecule has 1 nitrogen and oxygen atoms in total. The van der Waals surface area contributed by atoms with Gasteiger partial charge in [0.25, 0.3) is 0 Å². The first-order valence-electron chi connectivity index (χ1n) is 6.45. The van der Waals surface area contributed by atoms with E-state index >= 15 is 0 Å². The van der Waals surface area contributed by atoms with Crippen LogP contribution in [-0.4, -0.2) is 18.6 Å². The lowest BCUT2D eigenvalue weighted by molar-refractivity contribution is 0.147. The van der Waals surface area contributed by atoms with E-state index in [1.54, 1.807) is 0 Å². The predicted molar refractivity (Wildman–Crippen MR) is 71.4 cm³/mol. The molecule has 2 heteroatoms. The minimum atomic E-state index is 0.507. The van der Waals surface area contributed by atoms with Crippen LogP contribution in [0.1, 0.15) is 51.9 Å². The molecule has 2 N–H and O–H groups in total. The maximum atomic E-state index is 5.99. The van der Waals surface area contributed by atoms with Crippen molar-refractivity contribution in [2.24, 2.45) is 17.1 Å². The molecule has 90 valence electrons. The molecule has 0 saturated heterocycles. The molecule has 0 aromatic carbocycles. The molecule has 0 aromatic rings. The fraction of sp³-hybridized carbons (Fsp3) is 1.00. The van der Waals surface area contributed by atoms with Crippen molar-refractivity contribution in [1.82, 2.24) is 0 Å². The molecular formula is C13H27NS. The minimum Gasteiger partial charge on any atom is -0.330 e. The zero-order valence-corrected chi connectivity index (χ0v) is 11.2. The molecular weight excluding hydrogens is 202 g/mol. The molecule has 0 spiro atoms. The van der Waals surface area contributed by atoms with Crippen molar-refractivity contribution < 1.29 is 0 Å². The third-order valence-electron chi connectivity index (χ3n) is 4.13. The standard InChI is InChI=1S/C13H27NS/c1-3-4-12-5-7-13(11-14,8-6-12)9-10-15-2/h12H,3-11,14H2,1-2H3. The zero-order chi connectivity index (χ0) is 11.1. The van der Waals surface area contributed by atoms with Gasteiger partial charge in [-0.3, -0.25) is 0 Å². The summed E-state index contributed by atoms with van der Waals surface area (Å²) in [5.74, 6) is 2.29. The van der Waals surface area contributed by atoms with Gasteiger partial charge in [0, 0.05) is 0 Å². The molecule has 0 unspecified atom stereocenters. The Morgan fingerprint density at radius 1 is 1.33 bits per heavy atom. The number of rotatable bonds is 6. The molecule has 0 amide bonds. The smallest absolute Gasteiger partial charge is 0.00202 e. The lowest BCUT2D eigenvalue weighted by Gasteiger charge is -2.39. The first-order valence-corrected chi connectivity index (χ1v) is 7.85. The van der Waals surface area contributed by atoms with Crippen LogP contribution >= 0.6 is 11.8 Å². The molecule has 1 aliphatic carbocycles. The van der Waals surface area contributed by atoms with Crippen molar-refractivity contribution in [3.05, 3.63) is 0 Å². The topological polar surface area (TPSA) is 26.0 Å². The van der Waals surface area contributed by atoms with Crippen LogP contribution in [0, 0.1) is 11.3 Å². The van der Waals surface area contributed by atoms with E-state index in [4.69, 9.17) is 5.73 Å². The van der Waals surface area contributed by atoms with Gasteiger partial charge in [-0.25, -0.2) is 0 Å². The molecule has 0 radical (unpaired) electrons. The van der Waals surface area contributed by atoms with Crippen molar-refractivity contribution in [3.8, 4) is 0 Å². The maximum Gasteiger partial charge on any atom is -0.00202 e. The minimum absolute atomic E-state index is 0.507. The molecule has 0 aromatic heterocycles. The summed E-state index contributed by atoms with van der Waals surface area (Å²) in [6.07, 6.45) is 12.0. The van der Waals surface area contributed by atoms with Gasteiger partial charge >= 0.3 is 0 Å². The highest BCUT2D eigenvalue weighted by molar-refractivity contribution is 7.98. The Hall–Kier alpha value is 0.310. The van der Waals surface area contributed by atoms with Crippen molar-refractivity contribution in [2.75, 3.05) is 18.6 Å². The van der Waals surface area contributed by atoms with Gasteiger partial charge in [0.2, 0.25) is 0 Å². The van der Waals surface area contributed by atoms with Crippen molar-refractivity contribution in [2.45, 2.75) is 51.9 Å². The third kappa shape index (κ3) is 3.99. The van der Waals surface area contributed by atoms with Gasteiger partial charge in [0.1, 0.15) is 0 Å². The molecule has 0 atom stereocenters. The zero-order valence-electron chi connectivity index (χ0n) is 10.4. The Labute approximate surface area is 99.6 Å². The van der Waals surface area contributed by atoms with Crippen molar-refractivity contribution in [1.29, 1.82) is 0 Å². The van der Waals surface area contributed by atoms with E-state index in [0.29, 0.717) is 5.41 Å². The number of thioether (sulfide) groups is 1. The molecule has 15 heavy (non-hydrogen) atoms. The second-order valence-corrected chi connectivity index (χ2v) is 6.16. The summed E-state index contributed by atoms with van der Waals surface area (Å²) < 4.78 is 0. The van der Waals surface area contributed by atoms with Crippen molar-refractivity contribution in [3.63, 3.8) is 0 Å². The third-order valence-corrected chi connectivity index (χ3v) is 4.74. The van der Waals surface area contributed by atoms with E-state index in [-0.39, 0.29) is 0 Å². The molecule has 1 aliphatic rings. The number of nitrogens with two attached hydrogens (primary N) is 1. The summed E-state index contributed by atoms with van der Waals surface area (Å²) in [7, 11) is 0. The molecule has 0 heterocycles. The maximum absolute atomic E-state index is 5.99. The second-order valence-electron chi connectivity index (χ2n) is 5.18. The monoisotopic (exact) mass is 229 g/mol. The van der Waals surface area contributed by atoms with Crippen LogP contribution in [0.4, 0.5) is 0 Å². The number of hydrogen-bond acceptors (Lipinski definition) is 2. The summed E-state index contributed by atoms with van der Waals surface area (Å²) >= 11 is 1.96. The Bertz CT molecular complexity index is 162. The van der Waals surface area contributed by atoms with Crippen LogP contribution in [-0.2, 0) is 0 Å². The van der Waals surface area contributed by atoms with Crippen LogP contribution in [0.5, 0.6) is 0 Å². The van der Waals surface area contributed by atoms with Gasteiger partial charge < -0.3 is 5.73 Å². The molecule has 1 saturated carbocycles. The average molecular weight is 229 g/mol. The molecule has 1 rings (SSSR count). The quantitative estimate of drug-likeness (QED) is 0.752. The number of hydrogen-bond donors (Lipinski definition) is 1. The van der Waals surface area contributed by atoms with Gasteiger partial charge in [0.05, 0.1) is 0 Å². The Morgan fingerprint density at radius 2 is 2.00 bits per heavy atom. The normalized spacial score (nSPS) is 31.8. The van der Waals surface area contributed by atoms with E-state index in [2.05, 4.69) is 13.2 Å². The van der Waals surface area contributed by atoms with E-state index in [1.807, 2.05) is 11.8 Å². The summed E-state index contributed by atoms with van der Waals surface area (Å²) in [6.45, 7) is 3.21. The van der Waals surface area contributed by atoms with Gasteiger partial charge in [-0.1, -0.05) is 19.8 Å². The van der Waals surface area contributed by atoms with Crippen LogP contribution in [0.25, 0.3) is 0 Å². The van der Waals surface area contributed by atoms with Gasteiger partial charge in [-0.05, 0) is 62.0 Å². The largest absolute Gasteiger partial charge is 0.330 e. The van der Waals surface area contributed by atoms with E-state index in [1.165, 1.54) is 50.7 Å². The van der Waals surface area contributed by atoms with Crippen LogP contribution in [0.3, 0.4) is 0 Å². The van der Waals surface area contributed by atoms with E-state index in [9.17, 15) is 0 Å². The van der Waals surface area contributed by atoms with Gasteiger partial charge in [0.15, 0.2) is 0 Å². The van der Waals surface area contributed by atoms with Crippen molar-refractivity contribution >= 4 is 11.8 Å². The molecule has 0 bridgehead atoms. The second kappa shape index (κ2) is 6.80. The average Bonchev–Trinajstić information content (AvgIpc) is 2.29. The first kappa shape index (κ1) is 13.4. The van der Waals surface area contributed by atoms with Crippen LogP contribution in [0.2, 0.25) is 0 Å². The van der Waals surface area contributed by atoms with Crippen LogP contribution in [0.15, 0.2) is 0 Å².